The van der Waals surface area contributed by atoms with Crippen LogP contribution in [-0.4, -0.2) is 30.2 Å². The molecule has 5 rings (SSSR count). The van der Waals surface area contributed by atoms with Gasteiger partial charge in [-0.2, -0.15) is 4.80 Å². The van der Waals surface area contributed by atoms with Crippen LogP contribution in [0.4, 0.5) is 0 Å². The first-order valence-electron chi connectivity index (χ1n) is 9.08. The summed E-state index contributed by atoms with van der Waals surface area (Å²) in [5.41, 5.74) is 3.74. The number of nitrogens with zero attached hydrogens (tertiary/aromatic N) is 5. The van der Waals surface area contributed by atoms with Crippen molar-refractivity contribution in [1.29, 1.82) is 0 Å². The molecule has 0 radical (unpaired) electrons. The predicted octanol–water partition coefficient (Wildman–Crippen LogP) is 3.66. The Bertz CT molecular complexity index is 1370. The number of aromatic nitrogens is 6. The van der Waals surface area contributed by atoms with Gasteiger partial charge in [-0.15, -0.1) is 21.5 Å². The second kappa shape index (κ2) is 7.06. The number of aryl methyl sites for hydroxylation is 1. The summed E-state index contributed by atoms with van der Waals surface area (Å²) in [5.74, 6) is 1.05. The van der Waals surface area contributed by atoms with Gasteiger partial charge in [-0.05, 0) is 23.3 Å². The number of benzene rings is 2. The average molecular weight is 400 g/mol. The van der Waals surface area contributed by atoms with E-state index in [2.05, 4.69) is 25.4 Å². The molecule has 0 fully saturated rings. The summed E-state index contributed by atoms with van der Waals surface area (Å²) in [5, 5.41) is 15.3. The van der Waals surface area contributed by atoms with E-state index in [-0.39, 0.29) is 12.1 Å². The molecular weight excluding hydrogens is 384 g/mol. The van der Waals surface area contributed by atoms with Crippen molar-refractivity contribution in [3.8, 4) is 22.5 Å². The molecule has 142 valence electrons. The molecule has 29 heavy (non-hydrogen) atoms. The lowest BCUT2D eigenvalue weighted by Crippen LogP contribution is -2.15. The Morgan fingerprint density at radius 2 is 1.83 bits per heavy atom. The van der Waals surface area contributed by atoms with Gasteiger partial charge in [0.15, 0.2) is 0 Å². The molecule has 1 N–H and O–H groups in total. The molecule has 8 heteroatoms. The van der Waals surface area contributed by atoms with Crippen molar-refractivity contribution in [3.63, 3.8) is 0 Å². The molecule has 0 amide bonds. The number of hydrogen-bond acceptors (Lipinski definition) is 6. The Kier molecular flexibility index (Phi) is 4.25. The van der Waals surface area contributed by atoms with Gasteiger partial charge in [0.1, 0.15) is 17.2 Å². The van der Waals surface area contributed by atoms with Crippen molar-refractivity contribution in [3.05, 3.63) is 81.7 Å². The molecule has 0 aliphatic carbocycles. The first kappa shape index (κ1) is 17.4. The maximum Gasteiger partial charge on any atom is 0.260 e. The van der Waals surface area contributed by atoms with Crippen LogP contribution >= 0.6 is 11.3 Å². The number of aromatic amines is 1. The van der Waals surface area contributed by atoms with E-state index in [0.717, 1.165) is 22.3 Å². The molecule has 7 nitrogen and oxygen atoms in total. The van der Waals surface area contributed by atoms with Gasteiger partial charge in [-0.1, -0.05) is 54.6 Å². The van der Waals surface area contributed by atoms with Crippen LogP contribution in [0.25, 0.3) is 32.7 Å². The minimum Gasteiger partial charge on any atom is -0.308 e. The Hall–Kier alpha value is -3.65. The van der Waals surface area contributed by atoms with Crippen molar-refractivity contribution in [2.24, 2.45) is 0 Å². The fourth-order valence-electron chi connectivity index (χ4n) is 3.27. The molecule has 0 saturated heterocycles. The van der Waals surface area contributed by atoms with Gasteiger partial charge in [0.2, 0.25) is 5.82 Å². The third-order valence-corrected chi connectivity index (χ3v) is 5.58. The van der Waals surface area contributed by atoms with E-state index in [0.29, 0.717) is 21.9 Å². The summed E-state index contributed by atoms with van der Waals surface area (Å²) < 4.78 is 0. The van der Waals surface area contributed by atoms with Crippen LogP contribution in [-0.2, 0) is 6.54 Å². The van der Waals surface area contributed by atoms with Crippen molar-refractivity contribution >= 4 is 21.6 Å². The number of nitrogens with one attached hydrogen (secondary N) is 1. The first-order chi connectivity index (χ1) is 14.2. The van der Waals surface area contributed by atoms with Crippen molar-refractivity contribution < 1.29 is 0 Å². The van der Waals surface area contributed by atoms with E-state index in [4.69, 9.17) is 0 Å². The van der Waals surface area contributed by atoms with Crippen molar-refractivity contribution in [2.75, 3.05) is 0 Å². The van der Waals surface area contributed by atoms with Gasteiger partial charge in [0, 0.05) is 16.5 Å². The fourth-order valence-corrected chi connectivity index (χ4v) is 4.24. The summed E-state index contributed by atoms with van der Waals surface area (Å²) in [6, 6.07) is 17.7. The molecular formula is C21H16N6OS. The molecule has 0 unspecified atom stereocenters. The fraction of sp³-hybridized carbons (Fsp3) is 0.0952. The number of rotatable bonds is 4. The molecule has 3 heterocycles. The highest BCUT2D eigenvalue weighted by atomic mass is 32.1. The summed E-state index contributed by atoms with van der Waals surface area (Å²) in [7, 11) is 0. The molecule has 0 aliphatic rings. The van der Waals surface area contributed by atoms with Gasteiger partial charge in [-0.3, -0.25) is 4.79 Å². The SMILES string of the molecule is Cc1ccccc1-c1nnn(Cc2nc3scc(-c4ccccc4)c3c(=O)[nH]2)n1. The standard InChI is InChI=1S/C21H16N6OS/c1-13-7-5-6-10-15(13)19-24-26-27(25-19)11-17-22-20(28)18-16(12-29-21(18)23-17)14-8-3-2-4-9-14/h2-10,12H,11H2,1H3,(H,22,23,28). The lowest BCUT2D eigenvalue weighted by Gasteiger charge is -2.02. The zero-order valence-electron chi connectivity index (χ0n) is 15.5. The second-order valence-corrected chi connectivity index (χ2v) is 7.52. The molecule has 0 atom stereocenters. The van der Waals surface area contributed by atoms with Gasteiger partial charge in [0.25, 0.3) is 5.56 Å². The zero-order valence-corrected chi connectivity index (χ0v) is 16.3. The maximum atomic E-state index is 12.8. The number of H-pyrrole nitrogens is 1. The number of thiophene rings is 1. The molecule has 0 spiro atoms. The average Bonchev–Trinajstić information content (AvgIpc) is 3.36. The van der Waals surface area contributed by atoms with Crippen molar-refractivity contribution in [1.82, 2.24) is 30.2 Å². The van der Waals surface area contributed by atoms with E-state index in [1.807, 2.05) is 66.9 Å². The Balaban J connectivity index is 1.48. The number of tetrazole rings is 1. The van der Waals surface area contributed by atoms with Crippen LogP contribution in [0, 0.1) is 6.92 Å². The quantitative estimate of drug-likeness (QED) is 0.497. The highest BCUT2D eigenvalue weighted by molar-refractivity contribution is 7.17. The highest BCUT2D eigenvalue weighted by Gasteiger charge is 2.14. The molecule has 3 aromatic heterocycles. The van der Waals surface area contributed by atoms with E-state index < -0.39 is 0 Å². The van der Waals surface area contributed by atoms with Crippen LogP contribution in [0.2, 0.25) is 0 Å². The van der Waals surface area contributed by atoms with Crippen LogP contribution in [0.3, 0.4) is 0 Å². The van der Waals surface area contributed by atoms with E-state index in [9.17, 15) is 4.79 Å². The molecule has 0 saturated carbocycles. The maximum absolute atomic E-state index is 12.8. The Labute approximate surface area is 169 Å². The Morgan fingerprint density at radius 3 is 2.66 bits per heavy atom. The summed E-state index contributed by atoms with van der Waals surface area (Å²) in [6.45, 7) is 2.24. The Morgan fingerprint density at radius 1 is 1.03 bits per heavy atom. The third kappa shape index (κ3) is 3.23. The summed E-state index contributed by atoms with van der Waals surface area (Å²) >= 11 is 1.45. The van der Waals surface area contributed by atoms with Crippen LogP contribution in [0.5, 0.6) is 0 Å². The summed E-state index contributed by atoms with van der Waals surface area (Å²) in [4.78, 5) is 22.4. The number of fused-ring (bicyclic) bond motifs is 1. The van der Waals surface area contributed by atoms with Gasteiger partial charge in [-0.25, -0.2) is 4.98 Å². The molecule has 0 aliphatic heterocycles. The molecule has 2 aromatic carbocycles. The van der Waals surface area contributed by atoms with E-state index in [1.165, 1.54) is 16.1 Å². The lowest BCUT2D eigenvalue weighted by atomic mass is 10.1. The second-order valence-electron chi connectivity index (χ2n) is 6.67. The first-order valence-corrected chi connectivity index (χ1v) is 9.96. The minimum atomic E-state index is -0.163. The summed E-state index contributed by atoms with van der Waals surface area (Å²) in [6.07, 6.45) is 0. The van der Waals surface area contributed by atoms with Gasteiger partial charge >= 0.3 is 0 Å². The highest BCUT2D eigenvalue weighted by Crippen LogP contribution is 2.30. The largest absolute Gasteiger partial charge is 0.308 e. The van der Waals surface area contributed by atoms with E-state index in [1.54, 1.807) is 0 Å². The monoisotopic (exact) mass is 400 g/mol. The van der Waals surface area contributed by atoms with Crippen LogP contribution in [0.15, 0.2) is 64.8 Å². The lowest BCUT2D eigenvalue weighted by molar-refractivity contribution is 0.555. The van der Waals surface area contributed by atoms with E-state index >= 15 is 0 Å². The smallest absolute Gasteiger partial charge is 0.260 e. The van der Waals surface area contributed by atoms with Gasteiger partial charge in [0.05, 0.1) is 5.39 Å². The van der Waals surface area contributed by atoms with Crippen molar-refractivity contribution in [2.45, 2.75) is 13.5 Å². The zero-order chi connectivity index (χ0) is 19.8. The van der Waals surface area contributed by atoms with Crippen LogP contribution < -0.4 is 5.56 Å². The minimum absolute atomic E-state index is 0.163. The molecule has 0 bridgehead atoms. The molecule has 5 aromatic rings. The topological polar surface area (TPSA) is 89.4 Å². The van der Waals surface area contributed by atoms with Crippen LogP contribution in [0.1, 0.15) is 11.4 Å². The normalized spacial score (nSPS) is 11.2. The third-order valence-electron chi connectivity index (χ3n) is 4.71. The predicted molar refractivity (Wildman–Crippen MR) is 113 cm³/mol. The van der Waals surface area contributed by atoms with Gasteiger partial charge < -0.3 is 4.98 Å². The number of hydrogen-bond donors (Lipinski definition) is 1.